The van der Waals surface area contributed by atoms with Crippen molar-refractivity contribution in [3.05, 3.63) is 35.1 Å². The third kappa shape index (κ3) is 2.27. The van der Waals surface area contributed by atoms with Crippen molar-refractivity contribution >= 4 is 23.2 Å². The van der Waals surface area contributed by atoms with Crippen LogP contribution in [0.15, 0.2) is 24.4 Å². The number of aromatic amines is 1. The van der Waals surface area contributed by atoms with Gasteiger partial charge in [-0.05, 0) is 18.1 Å². The van der Waals surface area contributed by atoms with Crippen LogP contribution in [0.2, 0.25) is 5.15 Å². The molecule has 0 saturated heterocycles. The molecule has 0 atom stereocenters. The van der Waals surface area contributed by atoms with Gasteiger partial charge in [-0.3, -0.25) is 5.10 Å². The van der Waals surface area contributed by atoms with E-state index in [0.717, 1.165) is 17.8 Å². The van der Waals surface area contributed by atoms with Crippen molar-refractivity contribution < 1.29 is 0 Å². The summed E-state index contributed by atoms with van der Waals surface area (Å²) in [6, 6.07) is 5.68. The second kappa shape index (κ2) is 4.31. The lowest BCUT2D eigenvalue weighted by Crippen LogP contribution is -1.95. The lowest BCUT2D eigenvalue weighted by atomic mass is 10.2. The molecule has 2 aromatic heterocycles. The lowest BCUT2D eigenvalue weighted by molar-refractivity contribution is 1.08. The predicted molar refractivity (Wildman–Crippen MR) is 60.5 cm³/mol. The monoisotopic (exact) mass is 222 g/mol. The number of aromatic nitrogens is 3. The van der Waals surface area contributed by atoms with Crippen LogP contribution in [0.1, 0.15) is 12.5 Å². The fraction of sp³-hybridized carbons (Fsp3) is 0.200. The van der Waals surface area contributed by atoms with Crippen LogP contribution < -0.4 is 5.32 Å². The van der Waals surface area contributed by atoms with Crippen molar-refractivity contribution in [2.45, 2.75) is 13.3 Å². The van der Waals surface area contributed by atoms with Crippen molar-refractivity contribution in [3.63, 3.8) is 0 Å². The zero-order chi connectivity index (χ0) is 10.7. The SMILES string of the molecule is CCc1ccc(Nc2ccn[nH]2)nc1Cl. The molecule has 78 valence electrons. The first-order valence-electron chi connectivity index (χ1n) is 4.71. The number of hydrogen-bond acceptors (Lipinski definition) is 3. The Morgan fingerprint density at radius 3 is 2.87 bits per heavy atom. The first-order valence-corrected chi connectivity index (χ1v) is 5.09. The number of anilines is 2. The molecule has 0 bridgehead atoms. The molecule has 4 nitrogen and oxygen atoms in total. The first-order chi connectivity index (χ1) is 7.29. The molecule has 0 saturated carbocycles. The molecule has 0 fully saturated rings. The third-order valence-corrected chi connectivity index (χ3v) is 2.40. The number of hydrogen-bond donors (Lipinski definition) is 2. The van der Waals surface area contributed by atoms with Crippen LogP contribution in [-0.4, -0.2) is 15.2 Å². The van der Waals surface area contributed by atoms with Gasteiger partial charge in [0, 0.05) is 6.07 Å². The molecule has 0 aromatic carbocycles. The zero-order valence-electron chi connectivity index (χ0n) is 8.29. The van der Waals surface area contributed by atoms with Gasteiger partial charge in [0.05, 0.1) is 6.20 Å². The Kier molecular flexibility index (Phi) is 2.87. The molecule has 2 rings (SSSR count). The van der Waals surface area contributed by atoms with Crippen molar-refractivity contribution in [1.29, 1.82) is 0 Å². The fourth-order valence-corrected chi connectivity index (χ4v) is 1.55. The topological polar surface area (TPSA) is 53.6 Å². The number of nitrogens with one attached hydrogen (secondary N) is 2. The number of nitrogens with zero attached hydrogens (tertiary/aromatic N) is 2. The third-order valence-electron chi connectivity index (χ3n) is 2.07. The normalized spacial score (nSPS) is 10.3. The van der Waals surface area contributed by atoms with Crippen LogP contribution in [0.25, 0.3) is 0 Å². The molecule has 0 unspecified atom stereocenters. The summed E-state index contributed by atoms with van der Waals surface area (Å²) in [4.78, 5) is 4.23. The van der Waals surface area contributed by atoms with Crippen LogP contribution in [0, 0.1) is 0 Å². The highest BCUT2D eigenvalue weighted by Gasteiger charge is 2.02. The predicted octanol–water partition coefficient (Wildman–Crippen LogP) is 2.76. The molecule has 0 aliphatic heterocycles. The number of rotatable bonds is 3. The van der Waals surface area contributed by atoms with E-state index in [-0.39, 0.29) is 0 Å². The highest BCUT2D eigenvalue weighted by Crippen LogP contribution is 2.18. The van der Waals surface area contributed by atoms with Gasteiger partial charge in [0.2, 0.25) is 0 Å². The minimum Gasteiger partial charge on any atom is -0.325 e. The summed E-state index contributed by atoms with van der Waals surface area (Å²) >= 11 is 5.99. The van der Waals surface area contributed by atoms with E-state index in [2.05, 4.69) is 20.5 Å². The summed E-state index contributed by atoms with van der Waals surface area (Å²) in [7, 11) is 0. The van der Waals surface area contributed by atoms with Crippen LogP contribution in [0.4, 0.5) is 11.6 Å². The summed E-state index contributed by atoms with van der Waals surface area (Å²) in [6.45, 7) is 2.05. The molecule has 2 aromatic rings. The molecule has 0 aliphatic carbocycles. The Hall–Kier alpha value is -1.55. The van der Waals surface area contributed by atoms with Gasteiger partial charge in [-0.25, -0.2) is 4.98 Å². The van der Waals surface area contributed by atoms with Gasteiger partial charge >= 0.3 is 0 Å². The van der Waals surface area contributed by atoms with Crippen molar-refractivity contribution in [2.24, 2.45) is 0 Å². The van der Waals surface area contributed by atoms with E-state index in [9.17, 15) is 0 Å². The zero-order valence-corrected chi connectivity index (χ0v) is 9.04. The second-order valence-electron chi connectivity index (χ2n) is 3.10. The molecule has 2 N–H and O–H groups in total. The standard InChI is InChI=1S/C10H11ClN4/c1-2-7-3-4-8(14-10(7)11)13-9-5-6-12-15-9/h3-6H,2H2,1H3,(H2,12,13,14,15). The minimum absolute atomic E-state index is 0.544. The number of pyridine rings is 1. The van der Waals surface area contributed by atoms with E-state index >= 15 is 0 Å². The van der Waals surface area contributed by atoms with Gasteiger partial charge < -0.3 is 5.32 Å². The molecule has 2 heterocycles. The average molecular weight is 223 g/mol. The van der Waals surface area contributed by atoms with Crippen molar-refractivity contribution in [3.8, 4) is 0 Å². The number of H-pyrrole nitrogens is 1. The summed E-state index contributed by atoms with van der Waals surface area (Å²) < 4.78 is 0. The largest absolute Gasteiger partial charge is 0.325 e. The van der Waals surface area contributed by atoms with Crippen LogP contribution >= 0.6 is 11.6 Å². The van der Waals surface area contributed by atoms with Crippen LogP contribution in [-0.2, 0) is 6.42 Å². The van der Waals surface area contributed by atoms with E-state index < -0.39 is 0 Å². The average Bonchev–Trinajstić information content (AvgIpc) is 2.71. The van der Waals surface area contributed by atoms with Gasteiger partial charge in [-0.2, -0.15) is 5.10 Å². The van der Waals surface area contributed by atoms with Crippen molar-refractivity contribution in [1.82, 2.24) is 15.2 Å². The summed E-state index contributed by atoms with van der Waals surface area (Å²) in [5.41, 5.74) is 1.05. The maximum absolute atomic E-state index is 5.99. The lowest BCUT2D eigenvalue weighted by Gasteiger charge is -2.05. The molecular formula is C10H11ClN4. The van der Waals surface area contributed by atoms with E-state index in [4.69, 9.17) is 11.6 Å². The molecule has 0 spiro atoms. The van der Waals surface area contributed by atoms with E-state index in [0.29, 0.717) is 11.0 Å². The second-order valence-corrected chi connectivity index (χ2v) is 3.45. The fourth-order valence-electron chi connectivity index (χ4n) is 1.26. The molecule has 0 amide bonds. The Balaban J connectivity index is 2.20. The van der Waals surface area contributed by atoms with Gasteiger partial charge in [0.1, 0.15) is 16.8 Å². The quantitative estimate of drug-likeness (QED) is 0.786. The highest BCUT2D eigenvalue weighted by atomic mass is 35.5. The van der Waals surface area contributed by atoms with Crippen LogP contribution in [0.3, 0.4) is 0 Å². The molecule has 0 aliphatic rings. The smallest absolute Gasteiger partial charge is 0.134 e. The van der Waals surface area contributed by atoms with Gasteiger partial charge in [0.25, 0.3) is 0 Å². The van der Waals surface area contributed by atoms with E-state index in [1.807, 2.05) is 25.1 Å². The Bertz CT molecular complexity index is 439. The highest BCUT2D eigenvalue weighted by molar-refractivity contribution is 6.30. The van der Waals surface area contributed by atoms with E-state index in [1.54, 1.807) is 6.20 Å². The maximum atomic E-state index is 5.99. The molecular weight excluding hydrogens is 212 g/mol. The summed E-state index contributed by atoms with van der Waals surface area (Å²) in [5, 5.41) is 10.2. The molecule has 5 heteroatoms. The minimum atomic E-state index is 0.544. The summed E-state index contributed by atoms with van der Waals surface area (Å²) in [5.74, 6) is 1.50. The molecule has 15 heavy (non-hydrogen) atoms. The van der Waals surface area contributed by atoms with Crippen LogP contribution in [0.5, 0.6) is 0 Å². The van der Waals surface area contributed by atoms with Gasteiger partial charge in [-0.1, -0.05) is 24.6 Å². The van der Waals surface area contributed by atoms with Gasteiger partial charge in [-0.15, -0.1) is 0 Å². The Morgan fingerprint density at radius 2 is 2.27 bits per heavy atom. The van der Waals surface area contributed by atoms with Crippen molar-refractivity contribution in [2.75, 3.05) is 5.32 Å². The Morgan fingerprint density at radius 1 is 1.40 bits per heavy atom. The first kappa shape index (κ1) is 9.98. The number of halogens is 1. The number of aryl methyl sites for hydroxylation is 1. The maximum Gasteiger partial charge on any atom is 0.134 e. The molecule has 0 radical (unpaired) electrons. The van der Waals surface area contributed by atoms with E-state index in [1.165, 1.54) is 0 Å². The van der Waals surface area contributed by atoms with Gasteiger partial charge in [0.15, 0.2) is 0 Å². The Labute approximate surface area is 92.7 Å². The summed E-state index contributed by atoms with van der Waals surface area (Å²) in [6.07, 6.45) is 2.56.